The molecule has 0 amide bonds. The van der Waals surface area contributed by atoms with Crippen molar-refractivity contribution >= 4 is 0 Å². The summed E-state index contributed by atoms with van der Waals surface area (Å²) in [6.07, 6.45) is 6.99. The summed E-state index contributed by atoms with van der Waals surface area (Å²) in [5.41, 5.74) is 0.222. The second-order valence-electron chi connectivity index (χ2n) is 4.58. The molecule has 2 aliphatic rings. The molecule has 12 heavy (non-hydrogen) atoms. The Hall–Kier alpha value is -0.0800. The van der Waals surface area contributed by atoms with Gasteiger partial charge in [0.2, 0.25) is 0 Å². The lowest BCUT2D eigenvalue weighted by atomic mass is 9.44. The average Bonchev–Trinajstić information content (AvgIpc) is 2.09. The largest absolute Gasteiger partial charge is 0.396 e. The molecule has 0 aromatic carbocycles. The Labute approximate surface area is 73.6 Å². The van der Waals surface area contributed by atoms with Crippen LogP contribution in [0.1, 0.15) is 38.5 Å². The standard InChI is InChI=1S/C10H18O2/c11-7-9-3-1-2-4-10(9,8-12)6-5-9/h11-12H,1-8H2. The normalized spacial score (nSPS) is 46.5. The summed E-state index contributed by atoms with van der Waals surface area (Å²) in [6.45, 7) is 0.571. The molecular weight excluding hydrogens is 152 g/mol. The van der Waals surface area contributed by atoms with Crippen molar-refractivity contribution < 1.29 is 10.2 Å². The summed E-state index contributed by atoms with van der Waals surface area (Å²) in [5, 5.41) is 18.7. The van der Waals surface area contributed by atoms with Crippen LogP contribution in [-0.2, 0) is 0 Å². The summed E-state index contributed by atoms with van der Waals surface area (Å²) >= 11 is 0. The molecule has 2 fully saturated rings. The first-order chi connectivity index (χ1) is 5.79. The number of aliphatic hydroxyl groups excluding tert-OH is 2. The molecule has 0 radical (unpaired) electrons. The lowest BCUT2D eigenvalue weighted by Gasteiger charge is -2.61. The van der Waals surface area contributed by atoms with Gasteiger partial charge in [0, 0.05) is 24.0 Å². The van der Waals surface area contributed by atoms with Crippen molar-refractivity contribution in [2.75, 3.05) is 13.2 Å². The predicted octanol–water partition coefficient (Wildman–Crippen LogP) is 1.31. The first kappa shape index (κ1) is 8.52. The van der Waals surface area contributed by atoms with E-state index in [0.29, 0.717) is 0 Å². The summed E-state index contributed by atoms with van der Waals surface area (Å²) < 4.78 is 0. The average molecular weight is 170 g/mol. The van der Waals surface area contributed by atoms with Gasteiger partial charge in [-0.1, -0.05) is 12.8 Å². The SMILES string of the molecule is OCC12CCCCC1(CO)CC2. The zero-order chi connectivity index (χ0) is 8.66. The van der Waals surface area contributed by atoms with Gasteiger partial charge in [0.1, 0.15) is 0 Å². The number of rotatable bonds is 2. The van der Waals surface area contributed by atoms with Crippen LogP contribution in [0.5, 0.6) is 0 Å². The minimum absolute atomic E-state index is 0.111. The number of aliphatic hydroxyl groups is 2. The van der Waals surface area contributed by atoms with Crippen LogP contribution in [0.15, 0.2) is 0 Å². The quantitative estimate of drug-likeness (QED) is 0.656. The maximum absolute atomic E-state index is 9.36. The van der Waals surface area contributed by atoms with Crippen LogP contribution in [-0.4, -0.2) is 23.4 Å². The summed E-state index contributed by atoms with van der Waals surface area (Å²) in [6, 6.07) is 0. The lowest BCUT2D eigenvalue weighted by molar-refractivity contribution is -0.168. The van der Waals surface area contributed by atoms with Gasteiger partial charge < -0.3 is 10.2 Å². The molecule has 2 heteroatoms. The van der Waals surface area contributed by atoms with Gasteiger partial charge >= 0.3 is 0 Å². The van der Waals surface area contributed by atoms with E-state index in [9.17, 15) is 10.2 Å². The molecule has 0 spiro atoms. The van der Waals surface area contributed by atoms with E-state index in [2.05, 4.69) is 0 Å². The smallest absolute Gasteiger partial charge is 0.0493 e. The van der Waals surface area contributed by atoms with Crippen LogP contribution in [0, 0.1) is 10.8 Å². The van der Waals surface area contributed by atoms with Crippen molar-refractivity contribution in [2.45, 2.75) is 38.5 Å². The molecule has 0 bridgehead atoms. The van der Waals surface area contributed by atoms with Gasteiger partial charge in [-0.25, -0.2) is 0 Å². The number of hydrogen-bond acceptors (Lipinski definition) is 2. The molecule has 0 aliphatic heterocycles. The third-order valence-corrected chi connectivity index (χ3v) is 4.37. The second kappa shape index (κ2) is 2.71. The van der Waals surface area contributed by atoms with Gasteiger partial charge in [0.05, 0.1) is 0 Å². The van der Waals surface area contributed by atoms with Crippen LogP contribution >= 0.6 is 0 Å². The monoisotopic (exact) mass is 170 g/mol. The highest BCUT2D eigenvalue weighted by Gasteiger charge is 2.58. The fourth-order valence-corrected chi connectivity index (χ4v) is 3.19. The second-order valence-corrected chi connectivity index (χ2v) is 4.58. The van der Waals surface area contributed by atoms with E-state index in [1.807, 2.05) is 0 Å². The van der Waals surface area contributed by atoms with Crippen LogP contribution in [0.3, 0.4) is 0 Å². The molecule has 2 unspecified atom stereocenters. The Morgan fingerprint density at radius 3 is 1.42 bits per heavy atom. The van der Waals surface area contributed by atoms with Gasteiger partial charge in [-0.15, -0.1) is 0 Å². The Morgan fingerprint density at radius 2 is 1.17 bits per heavy atom. The molecule has 0 saturated heterocycles. The van der Waals surface area contributed by atoms with Crippen molar-refractivity contribution in [3.8, 4) is 0 Å². The molecule has 2 aliphatic carbocycles. The highest BCUT2D eigenvalue weighted by molar-refractivity contribution is 5.08. The Morgan fingerprint density at radius 1 is 0.750 bits per heavy atom. The van der Waals surface area contributed by atoms with E-state index >= 15 is 0 Å². The zero-order valence-corrected chi connectivity index (χ0v) is 7.55. The molecular formula is C10H18O2. The Bertz CT molecular complexity index is 153. The van der Waals surface area contributed by atoms with Gasteiger partial charge in [0.25, 0.3) is 0 Å². The van der Waals surface area contributed by atoms with Crippen LogP contribution in [0.25, 0.3) is 0 Å². The van der Waals surface area contributed by atoms with E-state index in [-0.39, 0.29) is 24.0 Å². The van der Waals surface area contributed by atoms with Crippen LogP contribution in [0.4, 0.5) is 0 Å². The van der Waals surface area contributed by atoms with Crippen molar-refractivity contribution in [3.63, 3.8) is 0 Å². The zero-order valence-electron chi connectivity index (χ0n) is 7.55. The molecule has 0 aromatic rings. The van der Waals surface area contributed by atoms with E-state index in [0.717, 1.165) is 25.7 Å². The summed E-state index contributed by atoms with van der Waals surface area (Å²) in [5.74, 6) is 0. The fourth-order valence-electron chi connectivity index (χ4n) is 3.19. The summed E-state index contributed by atoms with van der Waals surface area (Å²) in [7, 11) is 0. The Balaban J connectivity index is 2.19. The molecule has 0 aromatic heterocycles. The number of hydrogen-bond donors (Lipinski definition) is 2. The van der Waals surface area contributed by atoms with E-state index < -0.39 is 0 Å². The molecule has 2 atom stereocenters. The van der Waals surface area contributed by atoms with Crippen molar-refractivity contribution in [1.82, 2.24) is 0 Å². The molecule has 2 saturated carbocycles. The minimum Gasteiger partial charge on any atom is -0.396 e. The molecule has 0 heterocycles. The highest BCUT2D eigenvalue weighted by Crippen LogP contribution is 2.63. The molecule has 70 valence electrons. The molecule has 2 N–H and O–H groups in total. The van der Waals surface area contributed by atoms with Crippen LogP contribution < -0.4 is 0 Å². The first-order valence-electron chi connectivity index (χ1n) is 5.00. The van der Waals surface area contributed by atoms with Gasteiger partial charge in [-0.2, -0.15) is 0 Å². The number of fused-ring (bicyclic) bond motifs is 1. The van der Waals surface area contributed by atoms with Gasteiger partial charge in [-0.05, 0) is 25.7 Å². The maximum Gasteiger partial charge on any atom is 0.0493 e. The van der Waals surface area contributed by atoms with Crippen molar-refractivity contribution in [1.29, 1.82) is 0 Å². The van der Waals surface area contributed by atoms with Crippen LogP contribution in [0.2, 0.25) is 0 Å². The van der Waals surface area contributed by atoms with Crippen molar-refractivity contribution in [3.05, 3.63) is 0 Å². The highest BCUT2D eigenvalue weighted by atomic mass is 16.3. The predicted molar refractivity (Wildman–Crippen MR) is 46.7 cm³/mol. The topological polar surface area (TPSA) is 40.5 Å². The Kier molecular flexibility index (Phi) is 1.92. The van der Waals surface area contributed by atoms with Gasteiger partial charge in [-0.3, -0.25) is 0 Å². The molecule has 2 nitrogen and oxygen atoms in total. The minimum atomic E-state index is 0.111. The first-order valence-corrected chi connectivity index (χ1v) is 5.00. The fraction of sp³-hybridized carbons (Fsp3) is 1.00. The lowest BCUT2D eigenvalue weighted by Crippen LogP contribution is -2.57. The third kappa shape index (κ3) is 0.826. The van der Waals surface area contributed by atoms with Crippen molar-refractivity contribution in [2.24, 2.45) is 10.8 Å². The third-order valence-electron chi connectivity index (χ3n) is 4.37. The summed E-state index contributed by atoms with van der Waals surface area (Å²) in [4.78, 5) is 0. The van der Waals surface area contributed by atoms with Gasteiger partial charge in [0.15, 0.2) is 0 Å². The van der Waals surface area contributed by atoms with E-state index in [1.165, 1.54) is 12.8 Å². The maximum atomic E-state index is 9.36. The molecule has 2 rings (SSSR count). The van der Waals surface area contributed by atoms with E-state index in [4.69, 9.17) is 0 Å². The van der Waals surface area contributed by atoms with E-state index in [1.54, 1.807) is 0 Å².